The molecule has 0 spiro atoms. The first-order valence-corrected chi connectivity index (χ1v) is 7.31. The highest BCUT2D eigenvalue weighted by Crippen LogP contribution is 2.34. The van der Waals surface area contributed by atoms with E-state index in [1.807, 2.05) is 24.3 Å². The van der Waals surface area contributed by atoms with Crippen LogP contribution in [0.1, 0.15) is 17.9 Å². The SMILES string of the molecule is C=CCOc1ccc(C2NC(C(=O)OCC)=CS2)cc1. The Morgan fingerprint density at radius 3 is 2.85 bits per heavy atom. The smallest absolute Gasteiger partial charge is 0.354 e. The lowest BCUT2D eigenvalue weighted by Gasteiger charge is -2.13. The Morgan fingerprint density at radius 2 is 2.20 bits per heavy atom. The number of rotatable bonds is 6. The molecule has 1 heterocycles. The average Bonchev–Trinajstić information content (AvgIpc) is 2.96. The van der Waals surface area contributed by atoms with Gasteiger partial charge in [0.2, 0.25) is 0 Å². The first-order valence-electron chi connectivity index (χ1n) is 6.37. The Morgan fingerprint density at radius 1 is 1.45 bits per heavy atom. The summed E-state index contributed by atoms with van der Waals surface area (Å²) in [6, 6.07) is 7.77. The summed E-state index contributed by atoms with van der Waals surface area (Å²) in [7, 11) is 0. The van der Waals surface area contributed by atoms with Gasteiger partial charge in [-0.1, -0.05) is 24.8 Å². The van der Waals surface area contributed by atoms with E-state index in [-0.39, 0.29) is 11.3 Å². The van der Waals surface area contributed by atoms with Crippen molar-refractivity contribution in [2.45, 2.75) is 12.3 Å². The normalized spacial score (nSPS) is 17.1. The van der Waals surface area contributed by atoms with E-state index in [4.69, 9.17) is 9.47 Å². The van der Waals surface area contributed by atoms with Gasteiger partial charge in [0.1, 0.15) is 23.4 Å². The van der Waals surface area contributed by atoms with Gasteiger partial charge in [0.25, 0.3) is 0 Å². The highest BCUT2D eigenvalue weighted by molar-refractivity contribution is 8.02. The molecule has 20 heavy (non-hydrogen) atoms. The van der Waals surface area contributed by atoms with Gasteiger partial charge >= 0.3 is 5.97 Å². The molecule has 2 rings (SSSR count). The average molecular weight is 291 g/mol. The molecule has 0 saturated carbocycles. The molecule has 0 amide bonds. The predicted molar refractivity (Wildman–Crippen MR) is 80.3 cm³/mol. The third-order valence-electron chi connectivity index (χ3n) is 2.65. The van der Waals surface area contributed by atoms with E-state index in [2.05, 4.69) is 11.9 Å². The molecule has 4 nitrogen and oxygen atoms in total. The lowest BCUT2D eigenvalue weighted by atomic mass is 10.2. The largest absolute Gasteiger partial charge is 0.490 e. The van der Waals surface area contributed by atoms with E-state index in [0.717, 1.165) is 11.3 Å². The molecule has 1 atom stereocenters. The standard InChI is InChI=1S/C15H17NO3S/c1-3-9-19-12-7-5-11(6-8-12)14-16-13(10-20-14)15(17)18-4-2/h3,5-8,10,14,16H,1,4,9H2,2H3. The number of carbonyl (C=O) groups excluding carboxylic acids is 1. The maximum Gasteiger partial charge on any atom is 0.354 e. The molecule has 5 heteroatoms. The van der Waals surface area contributed by atoms with Crippen LogP contribution in [-0.2, 0) is 9.53 Å². The maximum atomic E-state index is 11.6. The highest BCUT2D eigenvalue weighted by atomic mass is 32.2. The summed E-state index contributed by atoms with van der Waals surface area (Å²) in [5, 5.41) is 4.97. The molecule has 0 aromatic heterocycles. The fraction of sp³-hybridized carbons (Fsp3) is 0.267. The van der Waals surface area contributed by atoms with Crippen molar-refractivity contribution in [1.82, 2.24) is 5.32 Å². The zero-order valence-electron chi connectivity index (χ0n) is 11.3. The molecule has 0 fully saturated rings. The van der Waals surface area contributed by atoms with Crippen molar-refractivity contribution in [1.29, 1.82) is 0 Å². The van der Waals surface area contributed by atoms with Crippen LogP contribution in [0.15, 0.2) is 48.0 Å². The summed E-state index contributed by atoms with van der Waals surface area (Å²) < 4.78 is 10.4. The fourth-order valence-electron chi connectivity index (χ4n) is 1.72. The van der Waals surface area contributed by atoms with Crippen LogP contribution in [0, 0.1) is 0 Å². The van der Waals surface area contributed by atoms with Crippen LogP contribution in [0.4, 0.5) is 0 Å². The molecular formula is C15H17NO3S. The second kappa shape index (κ2) is 7.05. The summed E-state index contributed by atoms with van der Waals surface area (Å²) in [5.41, 5.74) is 1.59. The van der Waals surface area contributed by atoms with E-state index < -0.39 is 0 Å². The molecule has 1 aromatic rings. The third-order valence-corrected chi connectivity index (χ3v) is 3.69. The van der Waals surface area contributed by atoms with Crippen LogP contribution in [0.3, 0.4) is 0 Å². The minimum absolute atomic E-state index is 0.0304. The summed E-state index contributed by atoms with van der Waals surface area (Å²) in [6.07, 6.45) is 1.71. The van der Waals surface area contributed by atoms with E-state index >= 15 is 0 Å². The number of hydrogen-bond donors (Lipinski definition) is 1. The van der Waals surface area contributed by atoms with Gasteiger partial charge in [-0.3, -0.25) is 0 Å². The second-order valence-electron chi connectivity index (χ2n) is 4.08. The van der Waals surface area contributed by atoms with Crippen molar-refractivity contribution in [3.05, 3.63) is 53.6 Å². The Labute approximate surface area is 122 Å². The van der Waals surface area contributed by atoms with Crippen molar-refractivity contribution in [3.8, 4) is 5.75 Å². The Bertz CT molecular complexity index is 510. The van der Waals surface area contributed by atoms with Gasteiger partial charge in [-0.25, -0.2) is 4.79 Å². The van der Waals surface area contributed by atoms with Crippen LogP contribution in [-0.4, -0.2) is 19.2 Å². The topological polar surface area (TPSA) is 47.6 Å². The van der Waals surface area contributed by atoms with E-state index in [1.54, 1.807) is 30.2 Å². The van der Waals surface area contributed by atoms with Crippen molar-refractivity contribution in [3.63, 3.8) is 0 Å². The molecule has 1 aliphatic heterocycles. The summed E-state index contributed by atoms with van der Waals surface area (Å²) in [4.78, 5) is 11.6. The molecular weight excluding hydrogens is 274 g/mol. The molecule has 106 valence electrons. The number of thioether (sulfide) groups is 1. The van der Waals surface area contributed by atoms with Crippen molar-refractivity contribution in [2.24, 2.45) is 0 Å². The van der Waals surface area contributed by atoms with Crippen LogP contribution in [0.5, 0.6) is 5.75 Å². The van der Waals surface area contributed by atoms with E-state index in [0.29, 0.717) is 18.9 Å². The van der Waals surface area contributed by atoms with Crippen LogP contribution < -0.4 is 10.1 Å². The first kappa shape index (κ1) is 14.5. The summed E-state index contributed by atoms with van der Waals surface area (Å²) in [5.74, 6) is 0.489. The number of nitrogens with one attached hydrogen (secondary N) is 1. The second-order valence-corrected chi connectivity index (χ2v) is 5.06. The third kappa shape index (κ3) is 3.57. The Kier molecular flexibility index (Phi) is 5.12. The predicted octanol–water partition coefficient (Wildman–Crippen LogP) is 2.99. The molecule has 1 N–H and O–H groups in total. The number of carbonyl (C=O) groups is 1. The minimum atomic E-state index is -0.312. The van der Waals surface area contributed by atoms with Gasteiger partial charge in [0.05, 0.1) is 6.61 Å². The zero-order chi connectivity index (χ0) is 14.4. The quantitative estimate of drug-likeness (QED) is 0.645. The molecule has 1 aromatic carbocycles. The summed E-state index contributed by atoms with van der Waals surface area (Å²) in [6.45, 7) is 6.27. The monoisotopic (exact) mass is 291 g/mol. The fourth-order valence-corrected chi connectivity index (χ4v) is 2.66. The van der Waals surface area contributed by atoms with E-state index in [9.17, 15) is 4.79 Å². The lowest BCUT2D eigenvalue weighted by molar-refractivity contribution is -0.138. The number of esters is 1. The molecule has 1 aliphatic rings. The van der Waals surface area contributed by atoms with Gasteiger partial charge in [-0.15, -0.1) is 11.8 Å². The molecule has 0 radical (unpaired) electrons. The molecule has 0 saturated heterocycles. The lowest BCUT2D eigenvalue weighted by Crippen LogP contribution is -2.20. The zero-order valence-corrected chi connectivity index (χ0v) is 12.1. The van der Waals surface area contributed by atoms with E-state index in [1.165, 1.54) is 0 Å². The van der Waals surface area contributed by atoms with Crippen molar-refractivity contribution in [2.75, 3.05) is 13.2 Å². The van der Waals surface area contributed by atoms with Gasteiger partial charge in [0, 0.05) is 5.41 Å². The number of hydrogen-bond acceptors (Lipinski definition) is 5. The van der Waals surface area contributed by atoms with Crippen LogP contribution >= 0.6 is 11.8 Å². The van der Waals surface area contributed by atoms with Gasteiger partial charge in [-0.05, 0) is 24.6 Å². The molecule has 0 bridgehead atoms. The van der Waals surface area contributed by atoms with Gasteiger partial charge < -0.3 is 14.8 Å². The number of ether oxygens (including phenoxy) is 2. The Hall–Kier alpha value is -1.88. The summed E-state index contributed by atoms with van der Waals surface area (Å²) >= 11 is 1.55. The molecule has 0 aliphatic carbocycles. The van der Waals surface area contributed by atoms with Gasteiger partial charge in [0.15, 0.2) is 0 Å². The highest BCUT2D eigenvalue weighted by Gasteiger charge is 2.23. The Balaban J connectivity index is 1.94. The first-order chi connectivity index (χ1) is 9.74. The maximum absolute atomic E-state index is 11.6. The van der Waals surface area contributed by atoms with Gasteiger partial charge in [-0.2, -0.15) is 0 Å². The van der Waals surface area contributed by atoms with Crippen LogP contribution in [0.2, 0.25) is 0 Å². The van der Waals surface area contributed by atoms with Crippen LogP contribution in [0.25, 0.3) is 0 Å². The molecule has 1 unspecified atom stereocenters. The van der Waals surface area contributed by atoms with Crippen molar-refractivity contribution < 1.29 is 14.3 Å². The number of benzene rings is 1. The van der Waals surface area contributed by atoms with Crippen molar-refractivity contribution >= 4 is 17.7 Å². The minimum Gasteiger partial charge on any atom is -0.490 e.